The molecule has 0 amide bonds. The van der Waals surface area contributed by atoms with E-state index in [1.54, 1.807) is 18.2 Å². The quantitative estimate of drug-likeness (QED) is 0.841. The maximum atomic E-state index is 13.5. The summed E-state index contributed by atoms with van der Waals surface area (Å²) in [5.74, 6) is -0.0488. The maximum absolute atomic E-state index is 13.5. The predicted octanol–water partition coefficient (Wildman–Crippen LogP) is 2.46. The molecule has 0 atom stereocenters. The molecule has 0 heterocycles. The molecule has 0 spiro atoms. The Morgan fingerprint density at radius 3 is 2.86 bits per heavy atom. The maximum Gasteiger partial charge on any atom is 0.152 e. The van der Waals surface area contributed by atoms with Crippen LogP contribution in [-0.4, -0.2) is 13.7 Å². The van der Waals surface area contributed by atoms with Gasteiger partial charge in [-0.2, -0.15) is 0 Å². The lowest BCUT2D eigenvalue weighted by molar-refractivity contribution is 0.410. The van der Waals surface area contributed by atoms with E-state index in [0.717, 1.165) is 0 Å². The Hall–Kier alpha value is -1.06. The number of methoxy groups -OCH3 is 1. The molecule has 0 fully saturated rings. The zero-order chi connectivity index (χ0) is 10.6. The van der Waals surface area contributed by atoms with Crippen LogP contribution in [0.25, 0.3) is 6.08 Å². The van der Waals surface area contributed by atoms with E-state index in [4.69, 9.17) is 22.1 Å². The second kappa shape index (κ2) is 4.98. The van der Waals surface area contributed by atoms with E-state index < -0.39 is 5.82 Å². The molecule has 2 nitrogen and oxygen atoms in total. The van der Waals surface area contributed by atoms with Crippen molar-refractivity contribution in [2.24, 2.45) is 5.73 Å². The fraction of sp³-hybridized carbons (Fsp3) is 0.200. The van der Waals surface area contributed by atoms with Crippen molar-refractivity contribution in [3.05, 3.63) is 34.6 Å². The van der Waals surface area contributed by atoms with E-state index in [2.05, 4.69) is 0 Å². The Balaban J connectivity index is 3.21. The summed E-state index contributed by atoms with van der Waals surface area (Å²) in [7, 11) is 1.47. The highest BCUT2D eigenvalue weighted by Gasteiger charge is 2.09. The van der Waals surface area contributed by atoms with Gasteiger partial charge in [-0.05, 0) is 12.1 Å². The molecule has 0 aliphatic heterocycles. The summed E-state index contributed by atoms with van der Waals surface area (Å²) in [5, 5.41) is 0.0717. The van der Waals surface area contributed by atoms with Crippen molar-refractivity contribution in [3.8, 4) is 5.75 Å². The van der Waals surface area contributed by atoms with E-state index in [1.165, 1.54) is 13.2 Å². The van der Waals surface area contributed by atoms with Crippen LogP contribution in [-0.2, 0) is 0 Å². The number of hydrogen-bond acceptors (Lipinski definition) is 2. The van der Waals surface area contributed by atoms with Gasteiger partial charge in [0.2, 0.25) is 0 Å². The van der Waals surface area contributed by atoms with Gasteiger partial charge in [0.1, 0.15) is 5.75 Å². The van der Waals surface area contributed by atoms with Crippen LogP contribution in [0.2, 0.25) is 5.02 Å². The van der Waals surface area contributed by atoms with Crippen molar-refractivity contribution in [1.29, 1.82) is 0 Å². The summed E-state index contributed by atoms with van der Waals surface area (Å²) in [5.41, 5.74) is 5.60. The minimum absolute atomic E-state index is 0.0717. The highest BCUT2D eigenvalue weighted by molar-refractivity contribution is 6.30. The molecule has 0 bridgehead atoms. The molecule has 0 unspecified atom stereocenters. The van der Waals surface area contributed by atoms with Crippen LogP contribution in [0, 0.1) is 5.82 Å². The van der Waals surface area contributed by atoms with Crippen LogP contribution in [0.5, 0.6) is 5.75 Å². The van der Waals surface area contributed by atoms with Gasteiger partial charge in [-0.25, -0.2) is 4.39 Å². The van der Waals surface area contributed by atoms with Crippen LogP contribution in [0.1, 0.15) is 5.56 Å². The molecule has 0 aliphatic carbocycles. The Morgan fingerprint density at radius 2 is 2.29 bits per heavy atom. The van der Waals surface area contributed by atoms with Crippen LogP contribution in [0.3, 0.4) is 0 Å². The molecule has 0 radical (unpaired) electrons. The third kappa shape index (κ3) is 2.25. The monoisotopic (exact) mass is 215 g/mol. The van der Waals surface area contributed by atoms with E-state index in [0.29, 0.717) is 17.9 Å². The highest BCUT2D eigenvalue weighted by Crippen LogP contribution is 2.28. The molecule has 2 N–H and O–H groups in total. The molecular weight excluding hydrogens is 205 g/mol. The van der Waals surface area contributed by atoms with Crippen LogP contribution < -0.4 is 10.5 Å². The number of rotatable bonds is 3. The SMILES string of the molecule is COc1ccc(Cl)c(F)c1/C=C/CN. The molecule has 1 rings (SSSR count). The molecule has 14 heavy (non-hydrogen) atoms. The third-order valence-corrected chi connectivity index (χ3v) is 2.03. The van der Waals surface area contributed by atoms with Crippen molar-refractivity contribution in [3.63, 3.8) is 0 Å². The second-order valence-electron chi connectivity index (χ2n) is 2.62. The van der Waals surface area contributed by atoms with Crippen molar-refractivity contribution in [2.45, 2.75) is 0 Å². The van der Waals surface area contributed by atoms with Crippen molar-refractivity contribution >= 4 is 17.7 Å². The average Bonchev–Trinajstić information content (AvgIpc) is 2.20. The standard InChI is InChI=1S/C10H11ClFNO/c1-14-9-5-4-8(11)10(12)7(9)3-2-6-13/h2-5H,6,13H2,1H3/b3-2+. The topological polar surface area (TPSA) is 35.2 Å². The second-order valence-corrected chi connectivity index (χ2v) is 3.02. The van der Waals surface area contributed by atoms with Crippen molar-refractivity contribution < 1.29 is 9.13 Å². The molecule has 1 aromatic rings. The Bertz CT molecular complexity index is 352. The van der Waals surface area contributed by atoms with Crippen molar-refractivity contribution in [1.82, 2.24) is 0 Å². The fourth-order valence-electron chi connectivity index (χ4n) is 1.07. The number of benzene rings is 1. The van der Waals surface area contributed by atoms with Gasteiger partial charge in [-0.1, -0.05) is 23.8 Å². The minimum Gasteiger partial charge on any atom is -0.496 e. The van der Waals surface area contributed by atoms with E-state index in [-0.39, 0.29) is 5.02 Å². The van der Waals surface area contributed by atoms with E-state index in [1.807, 2.05) is 0 Å². The Kier molecular flexibility index (Phi) is 3.92. The smallest absolute Gasteiger partial charge is 0.152 e. The van der Waals surface area contributed by atoms with Crippen molar-refractivity contribution in [2.75, 3.05) is 13.7 Å². The minimum atomic E-state index is -0.490. The van der Waals surface area contributed by atoms with E-state index in [9.17, 15) is 4.39 Å². The van der Waals surface area contributed by atoms with Gasteiger partial charge in [0.05, 0.1) is 17.7 Å². The van der Waals surface area contributed by atoms with E-state index >= 15 is 0 Å². The molecule has 0 saturated carbocycles. The van der Waals surface area contributed by atoms with Gasteiger partial charge in [-0.15, -0.1) is 0 Å². The summed E-state index contributed by atoms with van der Waals surface area (Å²) in [4.78, 5) is 0. The Morgan fingerprint density at radius 1 is 1.57 bits per heavy atom. The number of halogens is 2. The summed E-state index contributed by atoms with van der Waals surface area (Å²) in [6, 6.07) is 3.07. The lowest BCUT2D eigenvalue weighted by Gasteiger charge is -2.06. The fourth-order valence-corrected chi connectivity index (χ4v) is 1.23. The first-order chi connectivity index (χ1) is 6.70. The molecule has 76 valence electrons. The number of hydrogen-bond donors (Lipinski definition) is 1. The number of ether oxygens (including phenoxy) is 1. The molecule has 0 saturated heterocycles. The van der Waals surface area contributed by atoms with Gasteiger partial charge in [-0.3, -0.25) is 0 Å². The number of nitrogens with two attached hydrogens (primary N) is 1. The summed E-state index contributed by atoms with van der Waals surface area (Å²) in [6.45, 7) is 0.342. The summed E-state index contributed by atoms with van der Waals surface area (Å²) < 4.78 is 18.5. The van der Waals surface area contributed by atoms with Crippen LogP contribution in [0.4, 0.5) is 4.39 Å². The zero-order valence-corrected chi connectivity index (χ0v) is 8.51. The molecule has 4 heteroatoms. The lowest BCUT2D eigenvalue weighted by atomic mass is 10.1. The molecule has 0 aliphatic rings. The Labute approximate surface area is 87.1 Å². The van der Waals surface area contributed by atoms with Crippen LogP contribution >= 0.6 is 11.6 Å². The lowest BCUT2D eigenvalue weighted by Crippen LogP contribution is -1.95. The van der Waals surface area contributed by atoms with Gasteiger partial charge in [0, 0.05) is 6.54 Å². The first-order valence-corrected chi connectivity index (χ1v) is 4.47. The molecular formula is C10H11ClFNO. The first-order valence-electron chi connectivity index (χ1n) is 4.09. The average molecular weight is 216 g/mol. The van der Waals surface area contributed by atoms with Gasteiger partial charge < -0.3 is 10.5 Å². The summed E-state index contributed by atoms with van der Waals surface area (Å²) >= 11 is 5.63. The summed E-state index contributed by atoms with van der Waals surface area (Å²) in [6.07, 6.45) is 3.19. The predicted molar refractivity (Wildman–Crippen MR) is 56.1 cm³/mol. The molecule has 1 aromatic carbocycles. The van der Waals surface area contributed by atoms with Gasteiger partial charge >= 0.3 is 0 Å². The third-order valence-electron chi connectivity index (χ3n) is 1.73. The zero-order valence-electron chi connectivity index (χ0n) is 7.76. The first kappa shape index (κ1) is 11.0. The van der Waals surface area contributed by atoms with Gasteiger partial charge in [0.25, 0.3) is 0 Å². The molecule has 0 aromatic heterocycles. The van der Waals surface area contributed by atoms with Gasteiger partial charge in [0.15, 0.2) is 5.82 Å². The highest BCUT2D eigenvalue weighted by atomic mass is 35.5. The van der Waals surface area contributed by atoms with Crippen LogP contribution in [0.15, 0.2) is 18.2 Å². The normalized spacial score (nSPS) is 10.9. The largest absolute Gasteiger partial charge is 0.496 e.